The van der Waals surface area contributed by atoms with Crippen LogP contribution in [0.4, 0.5) is 11.4 Å². The summed E-state index contributed by atoms with van der Waals surface area (Å²) in [5.74, 6) is -0.932. The first-order chi connectivity index (χ1) is 17.3. The summed E-state index contributed by atoms with van der Waals surface area (Å²) in [6.45, 7) is 0. The number of carboxylic acids is 1. The molecule has 0 aromatic heterocycles. The number of anilines is 2. The van der Waals surface area contributed by atoms with Crippen molar-refractivity contribution in [3.05, 3.63) is 77.3 Å². The van der Waals surface area contributed by atoms with Gasteiger partial charge in [0.25, 0.3) is 0 Å². The molecule has 3 aromatic rings. The highest BCUT2D eigenvalue weighted by Crippen LogP contribution is 2.40. The van der Waals surface area contributed by atoms with E-state index >= 15 is 0 Å². The smallest absolute Gasteiger partial charge is 0.303 e. The van der Waals surface area contributed by atoms with Crippen LogP contribution < -0.4 is 20.1 Å². The summed E-state index contributed by atoms with van der Waals surface area (Å²) >= 11 is 7.56. The maximum Gasteiger partial charge on any atom is 0.303 e. The van der Waals surface area contributed by atoms with Crippen LogP contribution >= 0.6 is 23.4 Å². The van der Waals surface area contributed by atoms with Crippen LogP contribution in [0.5, 0.6) is 11.5 Å². The third kappa shape index (κ3) is 7.40. The number of thioether (sulfide) groups is 1. The Balaban J connectivity index is 1.84. The third-order valence-corrected chi connectivity index (χ3v) is 6.55. The second kappa shape index (κ2) is 12.9. The lowest BCUT2D eigenvalue weighted by molar-refractivity contribution is -0.138. The lowest BCUT2D eigenvalue weighted by atomic mass is 10.1. The minimum Gasteiger partial charge on any atom is -0.495 e. The maximum absolute atomic E-state index is 13.5. The largest absolute Gasteiger partial charge is 0.495 e. The summed E-state index contributed by atoms with van der Waals surface area (Å²) in [4.78, 5) is 37.0. The van der Waals surface area contributed by atoms with Gasteiger partial charge in [-0.2, -0.15) is 0 Å². The summed E-state index contributed by atoms with van der Waals surface area (Å²) < 4.78 is 10.6. The minimum absolute atomic E-state index is 0.131. The SMILES string of the molecule is COc1cc(OC)c(NC(=O)C(Sc2cccc(NC(=O)CCC(=O)O)c2)c2ccccc2)cc1Cl. The molecule has 3 aromatic carbocycles. The van der Waals surface area contributed by atoms with Crippen molar-refractivity contribution in [2.24, 2.45) is 0 Å². The van der Waals surface area contributed by atoms with E-state index < -0.39 is 17.1 Å². The van der Waals surface area contributed by atoms with Gasteiger partial charge in [-0.15, -0.1) is 11.8 Å². The molecule has 8 nitrogen and oxygen atoms in total. The summed E-state index contributed by atoms with van der Waals surface area (Å²) in [6, 6.07) is 19.4. The lowest BCUT2D eigenvalue weighted by Gasteiger charge is -2.19. The molecule has 0 radical (unpaired) electrons. The molecule has 1 unspecified atom stereocenters. The zero-order chi connectivity index (χ0) is 26.1. The molecule has 36 heavy (non-hydrogen) atoms. The van der Waals surface area contributed by atoms with Crippen molar-refractivity contribution in [1.29, 1.82) is 0 Å². The average molecular weight is 529 g/mol. The van der Waals surface area contributed by atoms with Gasteiger partial charge in [0.2, 0.25) is 11.8 Å². The zero-order valence-corrected chi connectivity index (χ0v) is 21.2. The van der Waals surface area contributed by atoms with Crippen molar-refractivity contribution in [3.8, 4) is 11.5 Å². The standard InChI is InChI=1S/C26H25ClN2O6S/c1-34-21-15-22(35-2)20(14-19(21)27)29-26(33)25(16-7-4-3-5-8-16)36-18-10-6-9-17(13-18)28-23(30)11-12-24(31)32/h3-10,13-15,25H,11-12H2,1-2H3,(H,28,30)(H,29,33)(H,31,32). The van der Waals surface area contributed by atoms with Crippen LogP contribution in [-0.4, -0.2) is 37.1 Å². The zero-order valence-electron chi connectivity index (χ0n) is 19.6. The van der Waals surface area contributed by atoms with E-state index in [0.29, 0.717) is 27.9 Å². The van der Waals surface area contributed by atoms with E-state index in [0.717, 1.165) is 10.5 Å². The highest BCUT2D eigenvalue weighted by Gasteiger charge is 2.24. The van der Waals surface area contributed by atoms with Crippen molar-refractivity contribution in [2.45, 2.75) is 23.0 Å². The Bertz CT molecular complexity index is 1240. The molecule has 0 bridgehead atoms. The van der Waals surface area contributed by atoms with Crippen LogP contribution in [0.1, 0.15) is 23.7 Å². The molecule has 0 fully saturated rings. The fourth-order valence-corrected chi connectivity index (χ4v) is 4.61. The minimum atomic E-state index is -1.04. The van der Waals surface area contributed by atoms with E-state index in [2.05, 4.69) is 10.6 Å². The Morgan fingerprint density at radius 1 is 0.917 bits per heavy atom. The van der Waals surface area contributed by atoms with Crippen LogP contribution in [0, 0.1) is 0 Å². The fraction of sp³-hybridized carbons (Fsp3) is 0.192. The van der Waals surface area contributed by atoms with Gasteiger partial charge in [-0.05, 0) is 29.8 Å². The number of hydrogen-bond acceptors (Lipinski definition) is 6. The van der Waals surface area contributed by atoms with E-state index in [4.69, 9.17) is 26.2 Å². The predicted octanol–water partition coefficient (Wildman–Crippen LogP) is 5.63. The van der Waals surface area contributed by atoms with Crippen LogP contribution in [0.2, 0.25) is 5.02 Å². The molecule has 10 heteroatoms. The van der Waals surface area contributed by atoms with Crippen LogP contribution in [0.25, 0.3) is 0 Å². The molecule has 3 rings (SSSR count). The number of halogens is 1. The number of methoxy groups -OCH3 is 2. The van der Waals surface area contributed by atoms with Gasteiger partial charge in [0.1, 0.15) is 16.7 Å². The van der Waals surface area contributed by atoms with Crippen molar-refractivity contribution in [3.63, 3.8) is 0 Å². The molecule has 1 atom stereocenters. The molecule has 0 heterocycles. The molecule has 0 saturated heterocycles. The Morgan fingerprint density at radius 3 is 2.31 bits per heavy atom. The number of carboxylic acid groups (broad SMARTS) is 1. The van der Waals surface area contributed by atoms with Crippen molar-refractivity contribution in [1.82, 2.24) is 0 Å². The molecule has 0 spiro atoms. The number of carbonyl (C=O) groups is 3. The summed E-state index contributed by atoms with van der Waals surface area (Å²) in [5, 5.41) is 14.0. The van der Waals surface area contributed by atoms with Gasteiger partial charge in [0, 0.05) is 23.1 Å². The van der Waals surface area contributed by atoms with Gasteiger partial charge in [0.15, 0.2) is 0 Å². The number of aliphatic carboxylic acids is 1. The highest BCUT2D eigenvalue weighted by atomic mass is 35.5. The number of nitrogens with one attached hydrogen (secondary N) is 2. The van der Waals surface area contributed by atoms with Crippen LogP contribution in [-0.2, 0) is 14.4 Å². The summed E-state index contributed by atoms with van der Waals surface area (Å²) in [6.07, 6.45) is -0.386. The number of benzene rings is 3. The summed E-state index contributed by atoms with van der Waals surface area (Å²) in [5.41, 5.74) is 1.68. The summed E-state index contributed by atoms with van der Waals surface area (Å²) in [7, 11) is 2.97. The molecular formula is C26H25ClN2O6S. The first kappa shape index (κ1) is 26.9. The maximum atomic E-state index is 13.5. The third-order valence-electron chi connectivity index (χ3n) is 5.01. The number of hydrogen-bond donors (Lipinski definition) is 3. The van der Waals surface area contributed by atoms with Gasteiger partial charge < -0.3 is 25.2 Å². The Hall–Kier alpha value is -3.69. The highest BCUT2D eigenvalue weighted by molar-refractivity contribution is 8.00. The number of rotatable bonds is 11. The predicted molar refractivity (Wildman–Crippen MR) is 140 cm³/mol. The molecule has 0 aliphatic rings. The van der Waals surface area contributed by atoms with Crippen LogP contribution in [0.3, 0.4) is 0 Å². The molecule has 188 valence electrons. The van der Waals surface area contributed by atoms with E-state index in [1.54, 1.807) is 30.3 Å². The average Bonchev–Trinajstić information content (AvgIpc) is 2.87. The van der Waals surface area contributed by atoms with Crippen LogP contribution in [0.15, 0.2) is 71.6 Å². The van der Waals surface area contributed by atoms with Crippen molar-refractivity contribution in [2.75, 3.05) is 24.9 Å². The van der Waals surface area contributed by atoms with Gasteiger partial charge in [-0.25, -0.2) is 0 Å². The van der Waals surface area contributed by atoms with Gasteiger partial charge >= 0.3 is 5.97 Å². The molecule has 2 amide bonds. The topological polar surface area (TPSA) is 114 Å². The normalized spacial score (nSPS) is 11.3. The van der Waals surface area contributed by atoms with E-state index in [-0.39, 0.29) is 18.7 Å². The fourth-order valence-electron chi connectivity index (χ4n) is 3.28. The quantitative estimate of drug-likeness (QED) is 0.276. The number of ether oxygens (including phenoxy) is 2. The van der Waals surface area contributed by atoms with Crippen molar-refractivity contribution >= 4 is 52.5 Å². The van der Waals surface area contributed by atoms with E-state index in [1.807, 2.05) is 36.4 Å². The van der Waals surface area contributed by atoms with Gasteiger partial charge in [-0.1, -0.05) is 48.0 Å². The van der Waals surface area contributed by atoms with Crippen molar-refractivity contribution < 1.29 is 29.0 Å². The number of carbonyl (C=O) groups excluding carboxylic acids is 2. The molecule has 0 aliphatic carbocycles. The lowest BCUT2D eigenvalue weighted by Crippen LogP contribution is -2.19. The first-order valence-corrected chi connectivity index (χ1v) is 12.1. The van der Waals surface area contributed by atoms with Gasteiger partial charge in [0.05, 0.1) is 31.4 Å². The molecule has 0 aliphatic heterocycles. The number of amides is 2. The van der Waals surface area contributed by atoms with E-state index in [9.17, 15) is 14.4 Å². The molecular weight excluding hydrogens is 504 g/mol. The Kier molecular flexibility index (Phi) is 9.61. The first-order valence-electron chi connectivity index (χ1n) is 10.9. The molecule has 3 N–H and O–H groups in total. The molecule has 0 saturated carbocycles. The van der Waals surface area contributed by atoms with Gasteiger partial charge in [-0.3, -0.25) is 14.4 Å². The van der Waals surface area contributed by atoms with E-state index in [1.165, 1.54) is 26.0 Å². The second-order valence-corrected chi connectivity index (χ2v) is 9.14. The monoisotopic (exact) mass is 528 g/mol. The Morgan fingerprint density at radius 2 is 1.64 bits per heavy atom. The second-order valence-electron chi connectivity index (χ2n) is 7.55. The Labute approximate surface area is 217 Å².